The molecule has 0 spiro atoms. The number of methoxy groups -OCH3 is 1. The predicted molar refractivity (Wildman–Crippen MR) is 111 cm³/mol. The highest BCUT2D eigenvalue weighted by molar-refractivity contribution is 5.43. The van der Waals surface area contributed by atoms with Crippen molar-refractivity contribution in [1.29, 1.82) is 0 Å². The molecule has 7 heteroatoms. The average molecular weight is 391 g/mol. The lowest BCUT2D eigenvalue weighted by Gasteiger charge is -2.24. The second-order valence-electron chi connectivity index (χ2n) is 7.43. The Labute approximate surface area is 168 Å². The highest BCUT2D eigenvalue weighted by atomic mass is 16.5. The predicted octanol–water partition coefficient (Wildman–Crippen LogP) is 1.84. The first-order valence-corrected chi connectivity index (χ1v) is 9.75. The molecule has 1 heterocycles. The number of aryl methyl sites for hydroxylation is 1. The molecule has 0 amide bonds. The zero-order valence-electron chi connectivity index (χ0n) is 17.7. The van der Waals surface area contributed by atoms with E-state index in [1.807, 2.05) is 49.4 Å². The van der Waals surface area contributed by atoms with Gasteiger partial charge in [0.2, 0.25) is 0 Å². The molecule has 156 valence electrons. The number of ether oxygens (including phenoxy) is 2. The minimum atomic E-state index is -0.557. The second kappa shape index (κ2) is 11.0. The maximum atomic E-state index is 10.2. The number of benzene rings is 1. The van der Waals surface area contributed by atoms with Crippen LogP contribution >= 0.6 is 0 Å². The van der Waals surface area contributed by atoms with E-state index in [9.17, 15) is 5.11 Å². The van der Waals surface area contributed by atoms with E-state index in [1.165, 1.54) is 5.56 Å². The number of likely N-dealkylation sites (N-methyl/N-ethyl adjacent to an activating group) is 1. The van der Waals surface area contributed by atoms with Crippen LogP contribution in [0.2, 0.25) is 0 Å². The van der Waals surface area contributed by atoms with Gasteiger partial charge in [-0.05, 0) is 57.1 Å². The van der Waals surface area contributed by atoms with E-state index < -0.39 is 6.10 Å². The van der Waals surface area contributed by atoms with Crippen LogP contribution in [0.1, 0.15) is 25.0 Å². The zero-order valence-corrected chi connectivity index (χ0v) is 17.7. The fraction of sp³-hybridized carbons (Fsp3) is 0.571. The molecule has 0 bridgehead atoms. The lowest BCUT2D eigenvalue weighted by molar-refractivity contribution is 0.0668. The number of nitrogens with one attached hydrogen (secondary N) is 1. The van der Waals surface area contributed by atoms with Crippen molar-refractivity contribution in [3.63, 3.8) is 0 Å². The van der Waals surface area contributed by atoms with Gasteiger partial charge in [-0.1, -0.05) is 6.07 Å². The van der Waals surface area contributed by atoms with Crippen LogP contribution in [-0.4, -0.2) is 65.8 Å². The van der Waals surface area contributed by atoms with Gasteiger partial charge >= 0.3 is 0 Å². The third kappa shape index (κ3) is 7.14. The van der Waals surface area contributed by atoms with Crippen LogP contribution in [0.25, 0.3) is 0 Å². The third-order valence-corrected chi connectivity index (χ3v) is 4.72. The Hall–Kier alpha value is -2.09. The van der Waals surface area contributed by atoms with Gasteiger partial charge in [-0.3, -0.25) is 4.68 Å². The van der Waals surface area contributed by atoms with E-state index in [1.54, 1.807) is 7.11 Å². The van der Waals surface area contributed by atoms with E-state index in [0.29, 0.717) is 24.1 Å². The first-order chi connectivity index (χ1) is 13.4. The van der Waals surface area contributed by atoms with Gasteiger partial charge in [0.25, 0.3) is 0 Å². The van der Waals surface area contributed by atoms with Crippen LogP contribution in [0.15, 0.2) is 30.6 Å². The molecule has 1 aromatic heterocycles. The lowest BCUT2D eigenvalue weighted by atomic mass is 10.2. The second-order valence-corrected chi connectivity index (χ2v) is 7.43. The van der Waals surface area contributed by atoms with Gasteiger partial charge in [0.05, 0.1) is 13.3 Å². The molecular weight excluding hydrogens is 356 g/mol. The monoisotopic (exact) mass is 390 g/mol. The molecule has 2 aromatic rings. The van der Waals surface area contributed by atoms with Crippen molar-refractivity contribution < 1.29 is 14.6 Å². The Morgan fingerprint density at radius 3 is 2.68 bits per heavy atom. The molecule has 1 atom stereocenters. The summed E-state index contributed by atoms with van der Waals surface area (Å²) in [6.07, 6.45) is 4.30. The van der Waals surface area contributed by atoms with Crippen LogP contribution in [0.5, 0.6) is 11.5 Å². The summed E-state index contributed by atoms with van der Waals surface area (Å²) in [4.78, 5) is 2.09. The Morgan fingerprint density at radius 2 is 2.04 bits per heavy atom. The van der Waals surface area contributed by atoms with E-state index in [4.69, 9.17) is 9.47 Å². The molecule has 0 aliphatic carbocycles. The van der Waals surface area contributed by atoms with Gasteiger partial charge < -0.3 is 24.8 Å². The van der Waals surface area contributed by atoms with Gasteiger partial charge in [0.15, 0.2) is 11.5 Å². The summed E-state index contributed by atoms with van der Waals surface area (Å²) < 4.78 is 13.1. The zero-order chi connectivity index (χ0) is 20.5. The van der Waals surface area contributed by atoms with Crippen LogP contribution in [0.4, 0.5) is 0 Å². The maximum Gasteiger partial charge on any atom is 0.161 e. The fourth-order valence-corrected chi connectivity index (χ4v) is 2.79. The van der Waals surface area contributed by atoms with Gasteiger partial charge in [0, 0.05) is 32.4 Å². The summed E-state index contributed by atoms with van der Waals surface area (Å²) in [6.45, 7) is 6.59. The van der Waals surface area contributed by atoms with Crippen molar-refractivity contribution in [3.8, 4) is 11.5 Å². The average Bonchev–Trinajstić information content (AvgIpc) is 3.08. The van der Waals surface area contributed by atoms with Crippen LogP contribution in [0, 0.1) is 0 Å². The molecule has 2 rings (SSSR count). The minimum Gasteiger partial charge on any atom is -0.493 e. The van der Waals surface area contributed by atoms with Gasteiger partial charge in [-0.25, -0.2) is 0 Å². The number of hydrogen-bond acceptors (Lipinski definition) is 6. The first kappa shape index (κ1) is 22.2. The third-order valence-electron chi connectivity index (χ3n) is 4.72. The SMILES string of the molecule is COc1ccc(CNCCc2cnn(C)c2)cc1OCC(O)CN(C)C(C)C. The van der Waals surface area contributed by atoms with Crippen LogP contribution < -0.4 is 14.8 Å². The summed E-state index contributed by atoms with van der Waals surface area (Å²) in [7, 11) is 5.54. The normalized spacial score (nSPS) is 12.6. The highest BCUT2D eigenvalue weighted by Crippen LogP contribution is 2.28. The van der Waals surface area contributed by atoms with Crippen molar-refractivity contribution in [1.82, 2.24) is 20.0 Å². The largest absolute Gasteiger partial charge is 0.493 e. The molecule has 0 saturated heterocycles. The van der Waals surface area contributed by atoms with Gasteiger partial charge in [-0.15, -0.1) is 0 Å². The van der Waals surface area contributed by atoms with E-state index >= 15 is 0 Å². The molecule has 0 fully saturated rings. The Balaban J connectivity index is 1.84. The van der Waals surface area contributed by atoms with Crippen molar-refractivity contribution in [3.05, 3.63) is 41.7 Å². The highest BCUT2D eigenvalue weighted by Gasteiger charge is 2.13. The maximum absolute atomic E-state index is 10.2. The standard InChI is InChI=1S/C21H34N4O3/c1-16(2)24(3)14-19(26)15-28-21-10-17(6-7-20(21)27-5)11-22-9-8-18-12-23-25(4)13-18/h6-7,10,12-13,16,19,22,26H,8-9,11,14-15H2,1-5H3. The van der Waals surface area contributed by atoms with Crippen LogP contribution in [-0.2, 0) is 20.0 Å². The van der Waals surface area contributed by atoms with Gasteiger partial charge in [0.1, 0.15) is 12.7 Å². The lowest BCUT2D eigenvalue weighted by Crippen LogP contribution is -2.37. The van der Waals surface area contributed by atoms with Crippen molar-refractivity contribution in [2.45, 2.75) is 39.0 Å². The quantitative estimate of drug-likeness (QED) is 0.539. The molecule has 28 heavy (non-hydrogen) atoms. The Kier molecular flexibility index (Phi) is 8.76. The van der Waals surface area contributed by atoms with Gasteiger partial charge in [-0.2, -0.15) is 5.10 Å². The molecule has 0 aliphatic rings. The Morgan fingerprint density at radius 1 is 1.25 bits per heavy atom. The summed E-state index contributed by atoms with van der Waals surface area (Å²) in [5.74, 6) is 1.32. The number of rotatable bonds is 12. The fourth-order valence-electron chi connectivity index (χ4n) is 2.79. The van der Waals surface area contributed by atoms with Crippen LogP contribution in [0.3, 0.4) is 0 Å². The summed E-state index contributed by atoms with van der Waals surface area (Å²) >= 11 is 0. The number of aliphatic hydroxyl groups is 1. The number of nitrogens with zero attached hydrogens (tertiary/aromatic N) is 3. The number of aliphatic hydroxyl groups excluding tert-OH is 1. The number of hydrogen-bond donors (Lipinski definition) is 2. The molecule has 0 radical (unpaired) electrons. The molecule has 1 unspecified atom stereocenters. The van der Waals surface area contributed by atoms with Crippen molar-refractivity contribution in [2.24, 2.45) is 7.05 Å². The topological polar surface area (TPSA) is 71.8 Å². The molecular formula is C21H34N4O3. The summed E-state index contributed by atoms with van der Waals surface area (Å²) in [6, 6.07) is 6.27. The molecule has 0 aliphatic heterocycles. The molecule has 2 N–H and O–H groups in total. The molecule has 1 aromatic carbocycles. The van der Waals surface area contributed by atoms with Crippen molar-refractivity contribution >= 4 is 0 Å². The number of aromatic nitrogens is 2. The minimum absolute atomic E-state index is 0.227. The Bertz CT molecular complexity index is 717. The van der Waals surface area contributed by atoms with Crippen molar-refractivity contribution in [2.75, 3.05) is 33.9 Å². The molecule has 7 nitrogen and oxygen atoms in total. The summed E-state index contributed by atoms with van der Waals surface area (Å²) in [5.41, 5.74) is 2.32. The van der Waals surface area contributed by atoms with E-state index in [2.05, 4.69) is 29.2 Å². The molecule has 0 saturated carbocycles. The summed E-state index contributed by atoms with van der Waals surface area (Å²) in [5, 5.41) is 17.8. The smallest absolute Gasteiger partial charge is 0.161 e. The van der Waals surface area contributed by atoms with E-state index in [0.717, 1.165) is 25.1 Å². The van der Waals surface area contributed by atoms with E-state index in [-0.39, 0.29) is 6.61 Å². The first-order valence-electron chi connectivity index (χ1n) is 9.75.